The van der Waals surface area contributed by atoms with E-state index < -0.39 is 17.5 Å². The molecule has 0 fully saturated rings. The molecule has 1 aromatic carbocycles. The van der Waals surface area contributed by atoms with Crippen LogP contribution in [0.4, 0.5) is 13.2 Å². The predicted octanol–water partition coefficient (Wildman–Crippen LogP) is 4.71. The summed E-state index contributed by atoms with van der Waals surface area (Å²) < 4.78 is 41.4. The lowest BCUT2D eigenvalue weighted by Crippen LogP contribution is -1.95. The van der Waals surface area contributed by atoms with Crippen molar-refractivity contribution in [2.24, 2.45) is 0 Å². The molecule has 0 unspecified atom stereocenters. The van der Waals surface area contributed by atoms with Crippen LogP contribution in [0.25, 0.3) is 33.4 Å². The Morgan fingerprint density at radius 3 is 2.42 bits per heavy atom. The molecule has 1 N–H and O–H groups in total. The third-order valence-corrected chi connectivity index (χ3v) is 3.83. The Balaban J connectivity index is 2.09. The van der Waals surface area contributed by atoms with Crippen LogP contribution in [0.15, 0.2) is 55.0 Å². The van der Waals surface area contributed by atoms with Crippen molar-refractivity contribution < 1.29 is 13.2 Å². The van der Waals surface area contributed by atoms with Crippen LogP contribution in [-0.2, 0) is 0 Å². The Labute approximate surface area is 134 Å². The van der Waals surface area contributed by atoms with E-state index in [0.717, 1.165) is 11.6 Å². The van der Waals surface area contributed by atoms with Gasteiger partial charge >= 0.3 is 0 Å². The van der Waals surface area contributed by atoms with E-state index in [1.54, 1.807) is 42.9 Å². The zero-order valence-corrected chi connectivity index (χ0v) is 12.2. The van der Waals surface area contributed by atoms with Crippen LogP contribution < -0.4 is 0 Å². The number of H-pyrrole nitrogens is 1. The van der Waals surface area contributed by atoms with Crippen LogP contribution in [0, 0.1) is 17.5 Å². The standard InChI is InChI=1S/C18H10F3N3/c19-12-4-3-11(15(20)16(12)21)14-17(10-5-8-22-9-6-10)24-13-2-1-7-23-18(13)14/h1-9,24H. The van der Waals surface area contributed by atoms with Crippen molar-refractivity contribution in [2.45, 2.75) is 0 Å². The Morgan fingerprint density at radius 2 is 1.62 bits per heavy atom. The lowest BCUT2D eigenvalue weighted by molar-refractivity contribution is 0.449. The normalized spacial score (nSPS) is 11.1. The van der Waals surface area contributed by atoms with Gasteiger partial charge in [-0.3, -0.25) is 9.97 Å². The minimum Gasteiger partial charge on any atom is -0.353 e. The van der Waals surface area contributed by atoms with Crippen LogP contribution >= 0.6 is 0 Å². The number of pyridine rings is 2. The van der Waals surface area contributed by atoms with Gasteiger partial charge in [-0.05, 0) is 36.4 Å². The number of hydrogen-bond donors (Lipinski definition) is 1. The fourth-order valence-electron chi connectivity index (χ4n) is 2.74. The Kier molecular flexibility index (Phi) is 3.30. The first-order chi connectivity index (χ1) is 11.7. The highest BCUT2D eigenvalue weighted by Gasteiger charge is 2.22. The number of fused-ring (bicyclic) bond motifs is 1. The molecule has 0 bridgehead atoms. The summed E-state index contributed by atoms with van der Waals surface area (Å²) in [6.07, 6.45) is 4.76. The maximum absolute atomic E-state index is 14.4. The van der Waals surface area contributed by atoms with E-state index >= 15 is 0 Å². The molecule has 6 heteroatoms. The summed E-state index contributed by atoms with van der Waals surface area (Å²) in [5, 5.41) is 0. The molecule has 4 aromatic rings. The van der Waals surface area contributed by atoms with Gasteiger partial charge in [-0.2, -0.15) is 0 Å². The van der Waals surface area contributed by atoms with Crippen LogP contribution in [0.3, 0.4) is 0 Å². The van der Waals surface area contributed by atoms with Crippen LogP contribution in [0.2, 0.25) is 0 Å². The van der Waals surface area contributed by atoms with Crippen LogP contribution in [0.5, 0.6) is 0 Å². The highest BCUT2D eigenvalue weighted by Crippen LogP contribution is 2.38. The maximum atomic E-state index is 14.4. The van der Waals surface area contributed by atoms with Gasteiger partial charge < -0.3 is 4.98 Å². The topological polar surface area (TPSA) is 41.6 Å². The van der Waals surface area contributed by atoms with E-state index in [1.807, 2.05) is 0 Å². The molecule has 0 radical (unpaired) electrons. The smallest absolute Gasteiger partial charge is 0.195 e. The number of aromatic nitrogens is 3. The lowest BCUT2D eigenvalue weighted by atomic mass is 10.00. The minimum absolute atomic E-state index is 0.0503. The molecule has 0 amide bonds. The molecule has 24 heavy (non-hydrogen) atoms. The molecule has 0 spiro atoms. The van der Waals surface area contributed by atoms with Gasteiger partial charge in [0.25, 0.3) is 0 Å². The van der Waals surface area contributed by atoms with Crippen LogP contribution in [0.1, 0.15) is 0 Å². The second-order valence-electron chi connectivity index (χ2n) is 5.23. The van der Waals surface area contributed by atoms with Crippen molar-refractivity contribution >= 4 is 11.0 Å². The quantitative estimate of drug-likeness (QED) is 0.542. The molecule has 0 atom stereocenters. The fourth-order valence-corrected chi connectivity index (χ4v) is 2.74. The van der Waals surface area contributed by atoms with Crippen molar-refractivity contribution in [3.63, 3.8) is 0 Å². The van der Waals surface area contributed by atoms with Crippen molar-refractivity contribution in [1.82, 2.24) is 15.0 Å². The molecule has 3 nitrogen and oxygen atoms in total. The molecule has 0 saturated carbocycles. The second-order valence-corrected chi connectivity index (χ2v) is 5.23. The lowest BCUT2D eigenvalue weighted by Gasteiger charge is -2.07. The molecule has 3 heterocycles. The molecule has 118 valence electrons. The number of benzene rings is 1. The number of rotatable bonds is 2. The summed E-state index contributed by atoms with van der Waals surface area (Å²) in [5.41, 5.74) is 2.79. The zero-order chi connectivity index (χ0) is 16.7. The first-order valence-electron chi connectivity index (χ1n) is 7.18. The van der Waals surface area contributed by atoms with Crippen molar-refractivity contribution in [2.75, 3.05) is 0 Å². The molecule has 3 aromatic heterocycles. The van der Waals surface area contributed by atoms with Gasteiger partial charge in [0.2, 0.25) is 0 Å². The molecular formula is C18H10F3N3. The molecule has 0 saturated heterocycles. The van der Waals surface area contributed by atoms with Gasteiger partial charge in [0, 0.05) is 35.3 Å². The number of hydrogen-bond acceptors (Lipinski definition) is 2. The Bertz CT molecular complexity index is 1040. The van der Waals surface area contributed by atoms with Gasteiger partial charge in [-0.25, -0.2) is 13.2 Å². The van der Waals surface area contributed by atoms with E-state index in [0.29, 0.717) is 22.3 Å². The number of aromatic amines is 1. The minimum atomic E-state index is -1.50. The number of nitrogens with zero attached hydrogens (tertiary/aromatic N) is 2. The van der Waals surface area contributed by atoms with E-state index in [-0.39, 0.29) is 5.56 Å². The molecular weight excluding hydrogens is 315 g/mol. The van der Waals surface area contributed by atoms with E-state index in [4.69, 9.17) is 0 Å². The monoisotopic (exact) mass is 325 g/mol. The van der Waals surface area contributed by atoms with E-state index in [1.165, 1.54) is 6.07 Å². The van der Waals surface area contributed by atoms with Crippen molar-refractivity contribution in [1.29, 1.82) is 0 Å². The van der Waals surface area contributed by atoms with Gasteiger partial charge in [-0.1, -0.05) is 0 Å². The first-order valence-corrected chi connectivity index (χ1v) is 7.18. The summed E-state index contributed by atoms with van der Waals surface area (Å²) in [5.74, 6) is -3.97. The van der Waals surface area contributed by atoms with Crippen molar-refractivity contribution in [3.8, 4) is 22.4 Å². The predicted molar refractivity (Wildman–Crippen MR) is 84.6 cm³/mol. The zero-order valence-electron chi connectivity index (χ0n) is 12.2. The molecule has 0 aliphatic carbocycles. The average Bonchev–Trinajstić information content (AvgIpc) is 3.00. The molecule has 0 aliphatic heterocycles. The number of nitrogens with one attached hydrogen (secondary N) is 1. The van der Waals surface area contributed by atoms with Crippen molar-refractivity contribution in [3.05, 3.63) is 72.4 Å². The summed E-state index contributed by atoms with van der Waals surface area (Å²) in [6, 6.07) is 9.13. The van der Waals surface area contributed by atoms with E-state index in [2.05, 4.69) is 15.0 Å². The van der Waals surface area contributed by atoms with Gasteiger partial charge in [0.1, 0.15) is 0 Å². The third-order valence-electron chi connectivity index (χ3n) is 3.83. The maximum Gasteiger partial charge on any atom is 0.195 e. The number of halogens is 3. The third kappa shape index (κ3) is 2.15. The SMILES string of the molecule is Fc1ccc(-c2c(-c3ccncc3)[nH]c3cccnc23)c(F)c1F. The van der Waals surface area contributed by atoms with Gasteiger partial charge in [-0.15, -0.1) is 0 Å². The van der Waals surface area contributed by atoms with Gasteiger partial charge in [0.15, 0.2) is 17.5 Å². The summed E-state index contributed by atoms with van der Waals surface area (Å²) in [4.78, 5) is 11.4. The summed E-state index contributed by atoms with van der Waals surface area (Å²) in [7, 11) is 0. The molecule has 4 rings (SSSR count). The van der Waals surface area contributed by atoms with Crippen LogP contribution in [-0.4, -0.2) is 15.0 Å². The van der Waals surface area contributed by atoms with Gasteiger partial charge in [0.05, 0.1) is 16.7 Å². The summed E-state index contributed by atoms with van der Waals surface area (Å²) in [6.45, 7) is 0. The Hall–Kier alpha value is -3.15. The second kappa shape index (κ2) is 5.49. The highest BCUT2D eigenvalue weighted by molar-refractivity contribution is 6.01. The first kappa shape index (κ1) is 14.4. The largest absolute Gasteiger partial charge is 0.353 e. The fraction of sp³-hybridized carbons (Fsp3) is 0. The average molecular weight is 325 g/mol. The van der Waals surface area contributed by atoms with E-state index in [9.17, 15) is 13.2 Å². The Morgan fingerprint density at radius 1 is 0.833 bits per heavy atom. The molecule has 0 aliphatic rings. The highest BCUT2D eigenvalue weighted by atomic mass is 19.2. The summed E-state index contributed by atoms with van der Waals surface area (Å²) >= 11 is 0.